The molecule has 2 rings (SSSR count). The molecule has 1 aromatic carbocycles. The molecule has 62 valence electrons. The standard InChI is InChI=1S/C9H9NO2/c10-5-8-3-6-1-2-7(11)4-9(6)12-8/h1-4,11H,5,10H2. The van der Waals surface area contributed by atoms with Crippen molar-refractivity contribution < 1.29 is 9.52 Å². The van der Waals surface area contributed by atoms with Crippen LogP contribution < -0.4 is 5.73 Å². The van der Waals surface area contributed by atoms with Crippen molar-refractivity contribution in [2.24, 2.45) is 5.73 Å². The van der Waals surface area contributed by atoms with E-state index in [4.69, 9.17) is 15.3 Å². The molecule has 0 aliphatic carbocycles. The molecule has 0 spiro atoms. The van der Waals surface area contributed by atoms with Crippen molar-refractivity contribution in [3.63, 3.8) is 0 Å². The average Bonchev–Trinajstić information content (AvgIpc) is 2.46. The van der Waals surface area contributed by atoms with Crippen LogP contribution in [0.3, 0.4) is 0 Å². The molecular weight excluding hydrogens is 154 g/mol. The fraction of sp³-hybridized carbons (Fsp3) is 0.111. The lowest BCUT2D eigenvalue weighted by Crippen LogP contribution is -1.92. The fourth-order valence-corrected chi connectivity index (χ4v) is 1.18. The first-order valence-corrected chi connectivity index (χ1v) is 3.71. The van der Waals surface area contributed by atoms with Crippen molar-refractivity contribution in [2.45, 2.75) is 6.54 Å². The highest BCUT2D eigenvalue weighted by molar-refractivity contribution is 5.79. The van der Waals surface area contributed by atoms with Crippen LogP contribution in [0.4, 0.5) is 0 Å². The number of benzene rings is 1. The van der Waals surface area contributed by atoms with Gasteiger partial charge in [0.25, 0.3) is 0 Å². The molecule has 0 saturated carbocycles. The predicted octanol–water partition coefficient (Wildman–Crippen LogP) is 1.60. The molecule has 12 heavy (non-hydrogen) atoms. The summed E-state index contributed by atoms with van der Waals surface area (Å²) >= 11 is 0. The number of hydrogen-bond acceptors (Lipinski definition) is 3. The van der Waals surface area contributed by atoms with Crippen molar-refractivity contribution >= 4 is 11.0 Å². The van der Waals surface area contributed by atoms with Gasteiger partial charge >= 0.3 is 0 Å². The molecule has 0 amide bonds. The second kappa shape index (κ2) is 2.53. The van der Waals surface area contributed by atoms with E-state index in [1.165, 1.54) is 0 Å². The van der Waals surface area contributed by atoms with Gasteiger partial charge in [0.1, 0.15) is 17.1 Å². The van der Waals surface area contributed by atoms with E-state index in [-0.39, 0.29) is 5.75 Å². The van der Waals surface area contributed by atoms with Crippen molar-refractivity contribution in [2.75, 3.05) is 0 Å². The lowest BCUT2D eigenvalue weighted by atomic mass is 10.2. The summed E-state index contributed by atoms with van der Waals surface area (Å²) in [6.07, 6.45) is 0. The minimum atomic E-state index is 0.209. The van der Waals surface area contributed by atoms with Crippen molar-refractivity contribution in [1.82, 2.24) is 0 Å². The number of fused-ring (bicyclic) bond motifs is 1. The first-order chi connectivity index (χ1) is 5.79. The summed E-state index contributed by atoms with van der Waals surface area (Å²) in [5.41, 5.74) is 6.07. The molecule has 0 radical (unpaired) electrons. The number of hydrogen-bond donors (Lipinski definition) is 2. The topological polar surface area (TPSA) is 59.4 Å². The zero-order valence-electron chi connectivity index (χ0n) is 6.45. The van der Waals surface area contributed by atoms with E-state index >= 15 is 0 Å². The molecule has 1 aromatic heterocycles. The van der Waals surface area contributed by atoms with E-state index in [9.17, 15) is 0 Å². The van der Waals surface area contributed by atoms with Crippen LogP contribution in [0.1, 0.15) is 5.76 Å². The van der Waals surface area contributed by atoms with Crippen molar-refractivity contribution in [1.29, 1.82) is 0 Å². The van der Waals surface area contributed by atoms with Gasteiger partial charge in [0.2, 0.25) is 0 Å². The Bertz CT molecular complexity index is 406. The largest absolute Gasteiger partial charge is 0.508 e. The van der Waals surface area contributed by atoms with E-state index in [1.54, 1.807) is 18.2 Å². The predicted molar refractivity (Wildman–Crippen MR) is 45.8 cm³/mol. The molecule has 0 saturated heterocycles. The Labute approximate surface area is 69.4 Å². The summed E-state index contributed by atoms with van der Waals surface area (Å²) in [6, 6.07) is 6.87. The highest BCUT2D eigenvalue weighted by atomic mass is 16.3. The molecule has 3 heteroatoms. The Hall–Kier alpha value is -1.48. The Kier molecular flexibility index (Phi) is 1.52. The van der Waals surface area contributed by atoms with E-state index in [1.807, 2.05) is 6.07 Å². The molecule has 3 N–H and O–H groups in total. The van der Waals surface area contributed by atoms with Gasteiger partial charge in [-0.3, -0.25) is 0 Å². The van der Waals surface area contributed by atoms with Gasteiger partial charge in [-0.05, 0) is 18.2 Å². The molecule has 0 unspecified atom stereocenters. The van der Waals surface area contributed by atoms with Crippen LogP contribution in [0.25, 0.3) is 11.0 Å². The lowest BCUT2D eigenvalue weighted by Gasteiger charge is -1.89. The minimum absolute atomic E-state index is 0.209. The van der Waals surface area contributed by atoms with Crippen LogP contribution >= 0.6 is 0 Å². The maximum absolute atomic E-state index is 9.12. The lowest BCUT2D eigenvalue weighted by molar-refractivity contribution is 0.473. The summed E-state index contributed by atoms with van der Waals surface area (Å²) < 4.78 is 5.31. The monoisotopic (exact) mass is 163 g/mol. The molecule has 0 fully saturated rings. The van der Waals surface area contributed by atoms with Crippen LogP contribution in [-0.4, -0.2) is 5.11 Å². The first kappa shape index (κ1) is 7.18. The molecule has 1 heterocycles. The Balaban J connectivity index is 2.67. The molecule has 3 nitrogen and oxygen atoms in total. The summed E-state index contributed by atoms with van der Waals surface area (Å²) in [7, 11) is 0. The Morgan fingerprint density at radius 2 is 2.17 bits per heavy atom. The summed E-state index contributed by atoms with van der Waals surface area (Å²) in [5, 5.41) is 10.1. The van der Waals surface area contributed by atoms with Gasteiger partial charge in [0, 0.05) is 11.5 Å². The molecule has 0 aliphatic heterocycles. The molecule has 0 bridgehead atoms. The third kappa shape index (κ3) is 1.04. The van der Waals surface area contributed by atoms with Crippen LogP contribution in [0.5, 0.6) is 5.75 Å². The molecule has 2 aromatic rings. The maximum Gasteiger partial charge on any atom is 0.138 e. The minimum Gasteiger partial charge on any atom is -0.508 e. The summed E-state index contributed by atoms with van der Waals surface area (Å²) in [4.78, 5) is 0. The number of aromatic hydroxyl groups is 1. The number of rotatable bonds is 1. The van der Waals surface area contributed by atoms with E-state index in [0.717, 1.165) is 11.1 Å². The fourth-order valence-electron chi connectivity index (χ4n) is 1.18. The van der Waals surface area contributed by atoms with E-state index in [0.29, 0.717) is 12.1 Å². The smallest absolute Gasteiger partial charge is 0.138 e. The van der Waals surface area contributed by atoms with Gasteiger partial charge in [0.05, 0.1) is 6.54 Å². The van der Waals surface area contributed by atoms with Crippen LogP contribution in [-0.2, 0) is 6.54 Å². The van der Waals surface area contributed by atoms with E-state index < -0.39 is 0 Å². The quantitative estimate of drug-likeness (QED) is 0.671. The normalized spacial score (nSPS) is 10.8. The zero-order valence-corrected chi connectivity index (χ0v) is 6.45. The van der Waals surface area contributed by atoms with E-state index in [2.05, 4.69) is 0 Å². The molecule has 0 atom stereocenters. The number of phenols is 1. The molecular formula is C9H9NO2. The highest BCUT2D eigenvalue weighted by Crippen LogP contribution is 2.22. The number of nitrogens with two attached hydrogens (primary N) is 1. The first-order valence-electron chi connectivity index (χ1n) is 3.71. The number of phenolic OH excluding ortho intramolecular Hbond substituents is 1. The SMILES string of the molecule is NCc1cc2ccc(O)cc2o1. The second-order valence-corrected chi connectivity index (χ2v) is 2.64. The third-order valence-corrected chi connectivity index (χ3v) is 1.76. The van der Waals surface area contributed by atoms with Crippen LogP contribution in [0, 0.1) is 0 Å². The van der Waals surface area contributed by atoms with Gasteiger partial charge < -0.3 is 15.3 Å². The van der Waals surface area contributed by atoms with Gasteiger partial charge in [-0.1, -0.05) is 0 Å². The second-order valence-electron chi connectivity index (χ2n) is 2.64. The van der Waals surface area contributed by atoms with Crippen molar-refractivity contribution in [3.05, 3.63) is 30.0 Å². The zero-order chi connectivity index (χ0) is 8.55. The van der Waals surface area contributed by atoms with Gasteiger partial charge in [-0.15, -0.1) is 0 Å². The number of furan rings is 1. The van der Waals surface area contributed by atoms with Gasteiger partial charge in [0.15, 0.2) is 0 Å². The van der Waals surface area contributed by atoms with Gasteiger partial charge in [-0.25, -0.2) is 0 Å². The Morgan fingerprint density at radius 1 is 1.33 bits per heavy atom. The summed E-state index contributed by atoms with van der Waals surface area (Å²) in [5.74, 6) is 0.941. The summed E-state index contributed by atoms with van der Waals surface area (Å²) in [6.45, 7) is 0.384. The van der Waals surface area contributed by atoms with Gasteiger partial charge in [-0.2, -0.15) is 0 Å². The van der Waals surface area contributed by atoms with Crippen LogP contribution in [0.15, 0.2) is 28.7 Å². The average molecular weight is 163 g/mol. The third-order valence-electron chi connectivity index (χ3n) is 1.76. The maximum atomic E-state index is 9.12. The Morgan fingerprint density at radius 3 is 2.92 bits per heavy atom. The van der Waals surface area contributed by atoms with Crippen LogP contribution in [0.2, 0.25) is 0 Å². The highest BCUT2D eigenvalue weighted by Gasteiger charge is 2.01. The molecule has 0 aliphatic rings. The van der Waals surface area contributed by atoms with Crippen molar-refractivity contribution in [3.8, 4) is 5.75 Å².